The highest BCUT2D eigenvalue weighted by molar-refractivity contribution is 6.10. The Balaban J connectivity index is 1.84. The van der Waals surface area contributed by atoms with Gasteiger partial charge >= 0.3 is 6.03 Å². The van der Waals surface area contributed by atoms with Gasteiger partial charge in [-0.05, 0) is 51.8 Å². The van der Waals surface area contributed by atoms with E-state index in [0.29, 0.717) is 6.54 Å². The van der Waals surface area contributed by atoms with Crippen molar-refractivity contribution in [1.29, 1.82) is 0 Å². The van der Waals surface area contributed by atoms with Gasteiger partial charge in [-0.1, -0.05) is 12.1 Å². The molecule has 7 heteroatoms. The number of hydrogen-bond donors (Lipinski definition) is 0. The van der Waals surface area contributed by atoms with Crippen LogP contribution in [0.4, 0.5) is 10.5 Å². The molecule has 4 rings (SSSR count). The lowest BCUT2D eigenvalue weighted by atomic mass is 10.1. The quantitative estimate of drug-likeness (QED) is 0.806. The Kier molecular flexibility index (Phi) is 3.80. The highest BCUT2D eigenvalue weighted by Crippen LogP contribution is 2.40. The molecular formula is C20H25N5O2. The fourth-order valence-corrected chi connectivity index (χ4v) is 4.15. The summed E-state index contributed by atoms with van der Waals surface area (Å²) in [6.45, 7) is 10.4. The van der Waals surface area contributed by atoms with E-state index in [1.807, 2.05) is 25.7 Å². The molecule has 7 nitrogen and oxygen atoms in total. The lowest BCUT2D eigenvalue weighted by Gasteiger charge is -2.40. The summed E-state index contributed by atoms with van der Waals surface area (Å²) in [6, 6.07) is 5.52. The van der Waals surface area contributed by atoms with Gasteiger partial charge in [0, 0.05) is 25.0 Å². The van der Waals surface area contributed by atoms with Gasteiger partial charge in [-0.2, -0.15) is 0 Å². The molecule has 0 N–H and O–H groups in total. The maximum atomic E-state index is 13.1. The van der Waals surface area contributed by atoms with Gasteiger partial charge in [-0.3, -0.25) is 19.5 Å². The Morgan fingerprint density at radius 2 is 1.78 bits per heavy atom. The lowest BCUT2D eigenvalue weighted by Crippen LogP contribution is -2.64. The second-order valence-corrected chi connectivity index (χ2v) is 7.43. The molecule has 3 aliphatic heterocycles. The molecule has 0 aliphatic carbocycles. The van der Waals surface area contributed by atoms with Crippen molar-refractivity contribution in [2.75, 3.05) is 18.5 Å². The smallest absolute Gasteiger partial charge is 0.302 e. The number of carbonyl (C=O) groups excluding carboxylic acids is 2. The van der Waals surface area contributed by atoms with E-state index in [2.05, 4.69) is 36.9 Å². The summed E-state index contributed by atoms with van der Waals surface area (Å²) in [6.07, 6.45) is -0.501. The Morgan fingerprint density at radius 3 is 2.44 bits per heavy atom. The largest absolute Gasteiger partial charge is 0.328 e. The van der Waals surface area contributed by atoms with Crippen molar-refractivity contribution < 1.29 is 9.59 Å². The summed E-state index contributed by atoms with van der Waals surface area (Å²) < 4.78 is 0. The van der Waals surface area contributed by atoms with Crippen LogP contribution in [0.25, 0.3) is 0 Å². The zero-order chi connectivity index (χ0) is 19.6. The molecule has 3 aliphatic rings. The van der Waals surface area contributed by atoms with E-state index in [0.717, 1.165) is 34.2 Å². The van der Waals surface area contributed by atoms with E-state index in [9.17, 15) is 9.59 Å². The normalized spacial score (nSPS) is 24.7. The number of rotatable bonds is 2. The molecule has 27 heavy (non-hydrogen) atoms. The van der Waals surface area contributed by atoms with Gasteiger partial charge in [-0.25, -0.2) is 9.79 Å². The number of carbonyl (C=O) groups is 2. The molecule has 0 spiro atoms. The zero-order valence-corrected chi connectivity index (χ0v) is 16.6. The Hall–Kier alpha value is -2.83. The Labute approximate surface area is 159 Å². The highest BCUT2D eigenvalue weighted by Gasteiger charge is 2.55. The van der Waals surface area contributed by atoms with E-state index in [1.54, 1.807) is 11.9 Å². The van der Waals surface area contributed by atoms with Crippen LogP contribution in [0, 0.1) is 13.8 Å². The second kappa shape index (κ2) is 5.84. The van der Waals surface area contributed by atoms with Gasteiger partial charge < -0.3 is 4.90 Å². The van der Waals surface area contributed by atoms with Crippen molar-refractivity contribution in [3.63, 3.8) is 0 Å². The van der Waals surface area contributed by atoms with E-state index in [4.69, 9.17) is 4.99 Å². The number of likely N-dealkylation sites (N-methyl/N-ethyl adjacent to an activating group) is 2. The SMILES string of the molecule is CCN1C(=O)C2C(N=C3N(c4cc(C)ccc4C)C(C)=C(C)N32)N(C)C1=O. The zero-order valence-electron chi connectivity index (χ0n) is 16.6. The number of allylic oxidation sites excluding steroid dienone is 2. The van der Waals surface area contributed by atoms with Gasteiger partial charge in [0.15, 0.2) is 12.2 Å². The number of aryl methyl sites for hydroxylation is 2. The summed E-state index contributed by atoms with van der Waals surface area (Å²) in [5.74, 6) is 0.541. The number of guanidine groups is 1. The molecule has 0 saturated carbocycles. The third kappa shape index (κ3) is 2.23. The number of aliphatic imine (C=N–C) groups is 1. The van der Waals surface area contributed by atoms with Crippen LogP contribution in [0.5, 0.6) is 0 Å². The number of benzene rings is 1. The van der Waals surface area contributed by atoms with Crippen LogP contribution >= 0.6 is 0 Å². The van der Waals surface area contributed by atoms with Crippen LogP contribution in [0.3, 0.4) is 0 Å². The van der Waals surface area contributed by atoms with Crippen LogP contribution in [0.1, 0.15) is 31.9 Å². The first-order valence-corrected chi connectivity index (χ1v) is 9.28. The molecule has 142 valence electrons. The van der Waals surface area contributed by atoms with Crippen LogP contribution in [0.15, 0.2) is 34.6 Å². The number of anilines is 1. The van der Waals surface area contributed by atoms with Crippen LogP contribution in [0.2, 0.25) is 0 Å². The molecule has 1 fully saturated rings. The molecule has 3 amide bonds. The molecular weight excluding hydrogens is 342 g/mol. The van der Waals surface area contributed by atoms with Crippen molar-refractivity contribution in [2.24, 2.45) is 4.99 Å². The number of urea groups is 1. The van der Waals surface area contributed by atoms with Gasteiger partial charge in [-0.15, -0.1) is 0 Å². The predicted octanol–water partition coefficient (Wildman–Crippen LogP) is 2.66. The minimum atomic E-state index is -0.507. The van der Waals surface area contributed by atoms with E-state index in [1.165, 1.54) is 4.90 Å². The number of amides is 3. The van der Waals surface area contributed by atoms with Crippen molar-refractivity contribution in [1.82, 2.24) is 14.7 Å². The first-order valence-electron chi connectivity index (χ1n) is 9.28. The van der Waals surface area contributed by atoms with E-state index < -0.39 is 12.2 Å². The van der Waals surface area contributed by atoms with Crippen molar-refractivity contribution >= 4 is 23.6 Å². The van der Waals surface area contributed by atoms with Crippen LogP contribution in [-0.4, -0.2) is 58.4 Å². The fourth-order valence-electron chi connectivity index (χ4n) is 4.15. The van der Waals surface area contributed by atoms with Crippen molar-refractivity contribution in [3.8, 4) is 0 Å². The maximum absolute atomic E-state index is 13.1. The minimum Gasteiger partial charge on any atom is -0.302 e. The Bertz CT molecular complexity index is 919. The van der Waals surface area contributed by atoms with E-state index in [-0.39, 0.29) is 11.9 Å². The molecule has 1 saturated heterocycles. The van der Waals surface area contributed by atoms with Gasteiger partial charge in [0.2, 0.25) is 5.96 Å². The fraction of sp³-hybridized carbons (Fsp3) is 0.450. The van der Waals surface area contributed by atoms with E-state index >= 15 is 0 Å². The molecule has 1 aromatic carbocycles. The molecule has 0 bridgehead atoms. The average Bonchev–Trinajstić information content (AvgIpc) is 3.12. The molecule has 3 heterocycles. The van der Waals surface area contributed by atoms with Crippen molar-refractivity contribution in [2.45, 2.75) is 46.8 Å². The van der Waals surface area contributed by atoms with Gasteiger partial charge in [0.1, 0.15) is 0 Å². The summed E-state index contributed by atoms with van der Waals surface area (Å²) in [5, 5.41) is 0. The summed E-state index contributed by atoms with van der Waals surface area (Å²) in [5.41, 5.74) is 5.40. The third-order valence-corrected chi connectivity index (χ3v) is 5.81. The minimum absolute atomic E-state index is 0.181. The first kappa shape index (κ1) is 17.6. The number of fused-ring (bicyclic) bond motifs is 3. The highest BCUT2D eigenvalue weighted by atomic mass is 16.2. The Morgan fingerprint density at radius 1 is 1.07 bits per heavy atom. The molecule has 0 radical (unpaired) electrons. The maximum Gasteiger partial charge on any atom is 0.328 e. The summed E-state index contributed by atoms with van der Waals surface area (Å²) >= 11 is 0. The number of nitrogens with zero attached hydrogens (tertiary/aromatic N) is 5. The van der Waals surface area contributed by atoms with Crippen LogP contribution in [-0.2, 0) is 4.79 Å². The van der Waals surface area contributed by atoms with Crippen LogP contribution < -0.4 is 4.90 Å². The molecule has 2 unspecified atom stereocenters. The predicted molar refractivity (Wildman–Crippen MR) is 104 cm³/mol. The second-order valence-electron chi connectivity index (χ2n) is 7.43. The molecule has 2 atom stereocenters. The monoisotopic (exact) mass is 367 g/mol. The number of hydrogen-bond acceptors (Lipinski definition) is 5. The molecule has 0 aromatic heterocycles. The van der Waals surface area contributed by atoms with Gasteiger partial charge in [0.05, 0.1) is 5.69 Å². The summed E-state index contributed by atoms with van der Waals surface area (Å²) in [4.78, 5) is 37.4. The standard InChI is InChI=1S/C20H25N5O2/c1-7-23-18(26)16-17(22(6)20(23)27)21-19-24(13(4)14(5)25(16)19)15-10-11(2)8-9-12(15)3/h8-10,16-17H,7H2,1-6H3. The topological polar surface area (TPSA) is 59.5 Å². The van der Waals surface area contributed by atoms with Crippen molar-refractivity contribution in [3.05, 3.63) is 40.7 Å². The number of imide groups is 1. The third-order valence-electron chi connectivity index (χ3n) is 5.81. The molecule has 1 aromatic rings. The lowest BCUT2D eigenvalue weighted by molar-refractivity contribution is -0.136. The first-order chi connectivity index (χ1) is 12.8. The summed E-state index contributed by atoms with van der Waals surface area (Å²) in [7, 11) is 1.72. The van der Waals surface area contributed by atoms with Gasteiger partial charge in [0.25, 0.3) is 5.91 Å². The average molecular weight is 367 g/mol.